The zero-order valence-electron chi connectivity index (χ0n) is 22.2. The minimum Gasteiger partial charge on any atom is -0.478 e. The number of hydrogen-bond donors (Lipinski definition) is 5. The van der Waals surface area contributed by atoms with Crippen molar-refractivity contribution in [3.63, 3.8) is 0 Å². The van der Waals surface area contributed by atoms with Gasteiger partial charge in [0.15, 0.2) is 5.13 Å². The van der Waals surface area contributed by atoms with Gasteiger partial charge in [-0.05, 0) is 29.0 Å². The maximum absolute atomic E-state index is 13.2. The van der Waals surface area contributed by atoms with E-state index in [4.69, 9.17) is 16.3 Å². The lowest BCUT2D eigenvalue weighted by atomic mass is 10.0. The fourth-order valence-electron chi connectivity index (χ4n) is 3.91. The molecule has 2 aromatic rings. The summed E-state index contributed by atoms with van der Waals surface area (Å²) in [5.74, 6) is -4.38. The molecule has 4 rings (SSSR count). The first kappa shape index (κ1) is 31.1. The summed E-state index contributed by atoms with van der Waals surface area (Å²) in [5, 5.41) is 36.9. The Kier molecular flexibility index (Phi) is 9.96. The number of anilines is 1. The third-order valence-corrected chi connectivity index (χ3v) is 8.89. The van der Waals surface area contributed by atoms with Crippen LogP contribution in [0.3, 0.4) is 0 Å². The Morgan fingerprint density at radius 2 is 2.07 bits per heavy atom. The first-order valence-electron chi connectivity index (χ1n) is 12.4. The van der Waals surface area contributed by atoms with Crippen molar-refractivity contribution in [2.24, 2.45) is 16.8 Å². The van der Waals surface area contributed by atoms with Gasteiger partial charge in [0.05, 0.1) is 0 Å². The average molecular weight is 642 g/mol. The van der Waals surface area contributed by atoms with Crippen molar-refractivity contribution in [1.29, 1.82) is 0 Å². The normalized spacial score (nSPS) is 19.4. The lowest BCUT2D eigenvalue weighted by Gasteiger charge is -2.49. The molecule has 0 aromatic carbocycles. The Morgan fingerprint density at radius 3 is 2.69 bits per heavy atom. The molecule has 0 radical (unpaired) electrons. The van der Waals surface area contributed by atoms with E-state index in [-0.39, 0.29) is 28.2 Å². The molecule has 4 heterocycles. The van der Waals surface area contributed by atoms with E-state index in [1.165, 1.54) is 23.5 Å². The second kappa shape index (κ2) is 13.4. The molecular formula is C21H27N11O7S3. The first-order valence-corrected chi connectivity index (χ1v) is 15.2. The third-order valence-electron chi connectivity index (χ3n) is 5.96. The van der Waals surface area contributed by atoms with Crippen LogP contribution in [0, 0.1) is 5.92 Å². The molecular weight excluding hydrogens is 615 g/mol. The van der Waals surface area contributed by atoms with Gasteiger partial charge in [-0.2, -0.15) is 9.36 Å². The lowest BCUT2D eigenvalue weighted by molar-refractivity contribution is -0.153. The number of carbonyl (C=O) groups excluding carboxylic acids is 2. The monoisotopic (exact) mass is 641 g/mol. The molecule has 1 saturated heterocycles. The number of amides is 2. The number of aromatic nitrogens is 6. The molecule has 0 saturated carbocycles. The molecule has 18 nitrogen and oxygen atoms in total. The summed E-state index contributed by atoms with van der Waals surface area (Å²) in [6.07, 6.45) is -0.708. The number of oxime groups is 1. The maximum atomic E-state index is 13.2. The van der Waals surface area contributed by atoms with E-state index in [1.807, 2.05) is 0 Å². The van der Waals surface area contributed by atoms with Gasteiger partial charge >= 0.3 is 11.9 Å². The van der Waals surface area contributed by atoms with Gasteiger partial charge in [0.1, 0.15) is 17.1 Å². The number of nitrogen functional groups attached to an aromatic ring is 1. The Hall–Kier alpha value is -3.82. The third kappa shape index (κ3) is 6.63. The predicted octanol–water partition coefficient (Wildman–Crippen LogP) is -1.18. The molecule has 21 heteroatoms. The van der Waals surface area contributed by atoms with Gasteiger partial charge in [0.25, 0.3) is 11.8 Å². The molecule has 0 aliphatic carbocycles. The van der Waals surface area contributed by atoms with Crippen molar-refractivity contribution in [3.8, 4) is 0 Å². The van der Waals surface area contributed by atoms with Crippen LogP contribution in [0.4, 0.5) is 5.13 Å². The largest absolute Gasteiger partial charge is 0.478 e. The number of β-lactam (4-membered cyclic amide) rings is 1. The molecule has 2 amide bonds. The molecule has 226 valence electrons. The number of thioether (sulfide) groups is 2. The number of carboxylic acid groups (broad SMARTS) is 2. The van der Waals surface area contributed by atoms with E-state index in [9.17, 15) is 29.4 Å². The Bertz CT molecular complexity index is 1430. The zero-order valence-corrected chi connectivity index (χ0v) is 24.7. The fourth-order valence-corrected chi connectivity index (χ4v) is 6.74. The average Bonchev–Trinajstić information content (AvgIpc) is 3.58. The number of nitrogens with two attached hydrogens (primary N) is 2. The van der Waals surface area contributed by atoms with E-state index in [2.05, 4.69) is 35.4 Å². The van der Waals surface area contributed by atoms with Gasteiger partial charge in [0, 0.05) is 35.5 Å². The van der Waals surface area contributed by atoms with Crippen LogP contribution in [-0.2, 0) is 30.6 Å². The molecule has 2 aliphatic rings. The summed E-state index contributed by atoms with van der Waals surface area (Å²) in [5.41, 5.74) is 11.0. The molecule has 0 spiro atoms. The number of rotatable bonds is 14. The van der Waals surface area contributed by atoms with Gasteiger partial charge in [-0.1, -0.05) is 30.8 Å². The SMILES string of the molecule is CC(C)C(O/N=C(\C(=O)NC1C(=O)N2C(C(=O)O)=C(CSc3nnnn3CCCN)CS[C@H]12)c1nsc(N)n1)C(=O)O. The Labute approximate surface area is 250 Å². The van der Waals surface area contributed by atoms with E-state index in [1.54, 1.807) is 18.5 Å². The van der Waals surface area contributed by atoms with Crippen LogP contribution in [0.1, 0.15) is 26.1 Å². The van der Waals surface area contributed by atoms with Crippen LogP contribution in [0.5, 0.6) is 0 Å². The van der Waals surface area contributed by atoms with Crippen molar-refractivity contribution in [2.45, 2.75) is 49.5 Å². The van der Waals surface area contributed by atoms with Crippen LogP contribution >= 0.6 is 35.1 Å². The summed E-state index contributed by atoms with van der Waals surface area (Å²) < 4.78 is 5.52. The quantitative estimate of drug-likeness (QED) is 0.0702. The summed E-state index contributed by atoms with van der Waals surface area (Å²) in [4.78, 5) is 60.3. The van der Waals surface area contributed by atoms with Crippen molar-refractivity contribution in [2.75, 3.05) is 23.8 Å². The number of hydrogen-bond acceptors (Lipinski definition) is 16. The van der Waals surface area contributed by atoms with E-state index < -0.39 is 52.9 Å². The van der Waals surface area contributed by atoms with Crippen LogP contribution in [0.25, 0.3) is 0 Å². The standard InChI is InChI=1S/C21H27N11O7S3/c1-8(2)13(19(37)38)39-27-10(14-25-20(23)42-28-14)15(33)24-11-16(34)32-12(18(35)36)9(6-40-17(11)32)7-41-21-26-29-30-31(21)5-3-4-22/h8,11,13,17H,3-7,22H2,1-2H3,(H,24,33)(H,35,36)(H,37,38)(H2,23,25,28)/b27-10-/t11?,13?,17-/m1/s1. The molecule has 7 N–H and O–H groups in total. The molecule has 42 heavy (non-hydrogen) atoms. The molecule has 2 aromatic heterocycles. The lowest BCUT2D eigenvalue weighted by Crippen LogP contribution is -2.71. The maximum Gasteiger partial charge on any atom is 0.352 e. The van der Waals surface area contributed by atoms with Gasteiger partial charge in [-0.25, -0.2) is 14.3 Å². The number of tetrazole rings is 1. The topological polar surface area (TPSA) is 267 Å². The highest BCUT2D eigenvalue weighted by atomic mass is 32.2. The molecule has 2 aliphatic heterocycles. The highest BCUT2D eigenvalue weighted by molar-refractivity contribution is 8.01. The predicted molar refractivity (Wildman–Crippen MR) is 150 cm³/mol. The zero-order chi connectivity index (χ0) is 30.6. The van der Waals surface area contributed by atoms with Gasteiger partial charge < -0.3 is 31.8 Å². The number of carbonyl (C=O) groups is 4. The minimum atomic E-state index is -1.37. The Balaban J connectivity index is 1.50. The van der Waals surface area contributed by atoms with Crippen LogP contribution < -0.4 is 16.8 Å². The van der Waals surface area contributed by atoms with Gasteiger partial charge in [-0.15, -0.1) is 16.9 Å². The minimum absolute atomic E-state index is 0.0212. The van der Waals surface area contributed by atoms with Crippen molar-refractivity contribution in [3.05, 3.63) is 17.1 Å². The summed E-state index contributed by atoms with van der Waals surface area (Å²) >= 11 is 3.29. The first-order chi connectivity index (χ1) is 20.0. The second-order valence-corrected chi connectivity index (χ2v) is 12.1. The number of nitrogens with zero attached hydrogens (tertiary/aromatic N) is 8. The van der Waals surface area contributed by atoms with Crippen LogP contribution in [0.2, 0.25) is 0 Å². The van der Waals surface area contributed by atoms with E-state index in [0.717, 1.165) is 16.4 Å². The fraction of sp³-hybridized carbons (Fsp3) is 0.524. The van der Waals surface area contributed by atoms with Gasteiger partial charge in [-0.3, -0.25) is 14.5 Å². The summed E-state index contributed by atoms with van der Waals surface area (Å²) in [6.45, 7) is 4.16. The number of carboxylic acids is 2. The molecule has 2 unspecified atom stereocenters. The number of aryl methyl sites for hydroxylation is 1. The number of aliphatic carboxylic acids is 2. The molecule has 3 atom stereocenters. The number of fused-ring (bicyclic) bond motifs is 1. The van der Waals surface area contributed by atoms with E-state index in [0.29, 0.717) is 30.2 Å². The number of nitrogens with one attached hydrogen (secondary N) is 1. The van der Waals surface area contributed by atoms with Crippen molar-refractivity contribution in [1.82, 2.24) is 39.8 Å². The summed E-state index contributed by atoms with van der Waals surface area (Å²) in [7, 11) is 0. The smallest absolute Gasteiger partial charge is 0.352 e. The molecule has 0 bridgehead atoms. The van der Waals surface area contributed by atoms with Crippen molar-refractivity contribution >= 4 is 69.7 Å². The second-order valence-electron chi connectivity index (χ2n) is 9.24. The van der Waals surface area contributed by atoms with E-state index >= 15 is 0 Å². The Morgan fingerprint density at radius 1 is 1.31 bits per heavy atom. The summed E-state index contributed by atoms with van der Waals surface area (Å²) in [6, 6.07) is -1.10. The van der Waals surface area contributed by atoms with Crippen LogP contribution in [-0.4, -0.2) is 110 Å². The van der Waals surface area contributed by atoms with Crippen molar-refractivity contribution < 1.29 is 34.2 Å². The molecule has 1 fully saturated rings. The highest BCUT2D eigenvalue weighted by Gasteiger charge is 2.54. The van der Waals surface area contributed by atoms with Gasteiger partial charge in [0.2, 0.25) is 22.8 Å². The van der Waals surface area contributed by atoms with Crippen LogP contribution in [0.15, 0.2) is 21.6 Å². The highest BCUT2D eigenvalue weighted by Crippen LogP contribution is 2.41.